The molecule has 1 fully saturated rings. The second-order valence-electron chi connectivity index (χ2n) is 8.20. The van der Waals surface area contributed by atoms with E-state index in [0.717, 1.165) is 65.6 Å². The Morgan fingerprint density at radius 1 is 1.12 bits per heavy atom. The predicted octanol–water partition coefficient (Wildman–Crippen LogP) is 5.19. The molecule has 0 atom stereocenters. The molecule has 3 heterocycles. The van der Waals surface area contributed by atoms with Crippen molar-refractivity contribution >= 4 is 44.7 Å². The molecule has 0 bridgehead atoms. The number of carbonyl (C=O) groups excluding carboxylic acids is 1. The minimum absolute atomic E-state index is 0.0944. The molecule has 0 radical (unpaired) electrons. The van der Waals surface area contributed by atoms with Gasteiger partial charge in [-0.05, 0) is 42.3 Å². The van der Waals surface area contributed by atoms with Crippen molar-refractivity contribution < 1.29 is 9.53 Å². The molecule has 0 unspecified atom stereocenters. The molecule has 2 aromatic carbocycles. The third-order valence-electron chi connectivity index (χ3n) is 5.84. The molecule has 1 saturated heterocycles. The summed E-state index contributed by atoms with van der Waals surface area (Å²) < 4.78 is 7.41. The van der Waals surface area contributed by atoms with E-state index in [9.17, 15) is 4.79 Å². The molecular weight excluding hydrogens is 456 g/mol. The van der Waals surface area contributed by atoms with Crippen LogP contribution in [-0.4, -0.2) is 46.9 Å². The molecule has 1 aliphatic heterocycles. The summed E-state index contributed by atoms with van der Waals surface area (Å²) in [6.45, 7) is 6.72. The van der Waals surface area contributed by atoms with Crippen LogP contribution in [0.4, 0.5) is 5.69 Å². The number of aryl methyl sites for hydroxylation is 1. The first kappa shape index (κ1) is 22.1. The number of carbonyl (C=O) groups is 1. The molecule has 33 heavy (non-hydrogen) atoms. The van der Waals surface area contributed by atoms with Crippen LogP contribution in [0.1, 0.15) is 26.5 Å². The number of hydrogen-bond acceptors (Lipinski definition) is 5. The van der Waals surface area contributed by atoms with E-state index in [-0.39, 0.29) is 5.91 Å². The second-order valence-corrected chi connectivity index (χ2v) is 9.67. The number of para-hydroxylation sites is 1. The monoisotopic (exact) mass is 480 g/mol. The standard InChI is InChI=1S/C25H25ClN4O2S/c1-17-21-14-23(33-25(21)30(28-17)15-18-6-8-20(26)9-7-18)24(31)27-22-5-3-2-4-19(22)16-29-10-12-32-13-11-29/h2-9,14H,10-13,15-16H2,1H3,(H,27,31). The molecule has 1 amide bonds. The van der Waals surface area contributed by atoms with Crippen LogP contribution >= 0.6 is 22.9 Å². The average Bonchev–Trinajstić information content (AvgIpc) is 3.39. The number of nitrogens with one attached hydrogen (secondary N) is 1. The summed E-state index contributed by atoms with van der Waals surface area (Å²) in [7, 11) is 0. The smallest absolute Gasteiger partial charge is 0.265 e. The molecule has 0 aliphatic carbocycles. The van der Waals surface area contributed by atoms with Crippen LogP contribution in [-0.2, 0) is 17.8 Å². The lowest BCUT2D eigenvalue weighted by Gasteiger charge is -2.27. The van der Waals surface area contributed by atoms with Crippen molar-refractivity contribution in [2.24, 2.45) is 0 Å². The Morgan fingerprint density at radius 3 is 2.67 bits per heavy atom. The normalized spacial score (nSPS) is 14.6. The Balaban J connectivity index is 1.35. The fraction of sp³-hybridized carbons (Fsp3) is 0.280. The van der Waals surface area contributed by atoms with Crippen molar-refractivity contribution in [1.82, 2.24) is 14.7 Å². The van der Waals surface area contributed by atoms with Gasteiger partial charge in [-0.1, -0.05) is 41.9 Å². The van der Waals surface area contributed by atoms with E-state index in [4.69, 9.17) is 16.3 Å². The molecule has 5 rings (SSSR count). The van der Waals surface area contributed by atoms with E-state index in [0.29, 0.717) is 16.4 Å². The van der Waals surface area contributed by atoms with Crippen molar-refractivity contribution in [2.45, 2.75) is 20.0 Å². The number of morpholine rings is 1. The van der Waals surface area contributed by atoms with Gasteiger partial charge in [-0.15, -0.1) is 11.3 Å². The van der Waals surface area contributed by atoms with Gasteiger partial charge in [-0.3, -0.25) is 14.4 Å². The van der Waals surface area contributed by atoms with Gasteiger partial charge < -0.3 is 10.1 Å². The van der Waals surface area contributed by atoms with E-state index in [2.05, 4.69) is 21.4 Å². The molecule has 2 aromatic heterocycles. The number of fused-ring (bicyclic) bond motifs is 1. The minimum atomic E-state index is -0.0944. The van der Waals surface area contributed by atoms with Gasteiger partial charge in [0.1, 0.15) is 4.83 Å². The SMILES string of the molecule is Cc1nn(Cc2ccc(Cl)cc2)c2sc(C(=O)Nc3ccccc3CN3CCOCC3)cc12. The number of rotatable bonds is 6. The first-order valence-electron chi connectivity index (χ1n) is 11.0. The first-order valence-corrected chi connectivity index (χ1v) is 12.2. The summed E-state index contributed by atoms with van der Waals surface area (Å²) in [6, 6.07) is 17.7. The van der Waals surface area contributed by atoms with Gasteiger partial charge in [0.25, 0.3) is 5.91 Å². The quantitative estimate of drug-likeness (QED) is 0.412. The number of nitrogens with zero attached hydrogens (tertiary/aromatic N) is 3. The summed E-state index contributed by atoms with van der Waals surface area (Å²) >= 11 is 7.48. The summed E-state index contributed by atoms with van der Waals surface area (Å²) in [6.07, 6.45) is 0. The molecule has 4 aromatic rings. The summed E-state index contributed by atoms with van der Waals surface area (Å²) in [4.78, 5) is 17.2. The number of ether oxygens (including phenoxy) is 1. The zero-order valence-electron chi connectivity index (χ0n) is 18.4. The highest BCUT2D eigenvalue weighted by molar-refractivity contribution is 7.20. The Morgan fingerprint density at radius 2 is 1.88 bits per heavy atom. The highest BCUT2D eigenvalue weighted by atomic mass is 35.5. The number of aromatic nitrogens is 2. The third-order valence-corrected chi connectivity index (χ3v) is 7.24. The van der Waals surface area contributed by atoms with Crippen LogP contribution in [0.2, 0.25) is 5.02 Å². The molecule has 1 aliphatic rings. The largest absolute Gasteiger partial charge is 0.379 e. The Bertz CT molecular complexity index is 1280. The van der Waals surface area contributed by atoms with Gasteiger partial charge in [0.2, 0.25) is 0 Å². The van der Waals surface area contributed by atoms with E-state index in [1.165, 1.54) is 11.3 Å². The van der Waals surface area contributed by atoms with E-state index in [1.807, 2.05) is 60.1 Å². The Hall–Kier alpha value is -2.71. The second kappa shape index (κ2) is 9.65. The predicted molar refractivity (Wildman–Crippen MR) is 133 cm³/mol. The van der Waals surface area contributed by atoms with Crippen molar-refractivity contribution in [3.05, 3.63) is 81.3 Å². The van der Waals surface area contributed by atoms with Crippen LogP contribution < -0.4 is 5.32 Å². The summed E-state index contributed by atoms with van der Waals surface area (Å²) in [5.41, 5.74) is 3.99. The number of benzene rings is 2. The van der Waals surface area contributed by atoms with Crippen molar-refractivity contribution in [3.63, 3.8) is 0 Å². The average molecular weight is 481 g/mol. The van der Waals surface area contributed by atoms with Crippen molar-refractivity contribution in [3.8, 4) is 0 Å². The molecule has 1 N–H and O–H groups in total. The third kappa shape index (κ3) is 4.96. The number of halogens is 1. The molecule has 170 valence electrons. The molecule has 6 nitrogen and oxygen atoms in total. The molecule has 0 saturated carbocycles. The molecule has 8 heteroatoms. The molecule has 0 spiro atoms. The lowest BCUT2D eigenvalue weighted by atomic mass is 10.1. The highest BCUT2D eigenvalue weighted by Gasteiger charge is 2.18. The number of anilines is 1. The van der Waals surface area contributed by atoms with Gasteiger partial charge in [-0.25, -0.2) is 0 Å². The van der Waals surface area contributed by atoms with Crippen LogP contribution in [0, 0.1) is 6.92 Å². The first-order chi connectivity index (χ1) is 16.1. The Kier molecular flexibility index (Phi) is 6.46. The molecular formula is C25H25ClN4O2S. The lowest BCUT2D eigenvalue weighted by Crippen LogP contribution is -2.35. The van der Waals surface area contributed by atoms with Gasteiger partial charge in [0, 0.05) is 35.7 Å². The van der Waals surface area contributed by atoms with Crippen molar-refractivity contribution in [1.29, 1.82) is 0 Å². The summed E-state index contributed by atoms with van der Waals surface area (Å²) in [5, 5.41) is 9.54. The minimum Gasteiger partial charge on any atom is -0.379 e. The zero-order chi connectivity index (χ0) is 22.8. The van der Waals surface area contributed by atoms with Crippen LogP contribution in [0.3, 0.4) is 0 Å². The summed E-state index contributed by atoms with van der Waals surface area (Å²) in [5.74, 6) is -0.0944. The maximum atomic E-state index is 13.2. The van der Waals surface area contributed by atoms with E-state index >= 15 is 0 Å². The topological polar surface area (TPSA) is 59.4 Å². The maximum absolute atomic E-state index is 13.2. The zero-order valence-corrected chi connectivity index (χ0v) is 20.0. The highest BCUT2D eigenvalue weighted by Crippen LogP contribution is 2.30. The maximum Gasteiger partial charge on any atom is 0.265 e. The van der Waals surface area contributed by atoms with Gasteiger partial charge >= 0.3 is 0 Å². The lowest BCUT2D eigenvalue weighted by molar-refractivity contribution is 0.0342. The number of hydrogen-bond donors (Lipinski definition) is 1. The fourth-order valence-corrected chi connectivity index (χ4v) is 5.24. The van der Waals surface area contributed by atoms with Crippen molar-refractivity contribution in [2.75, 3.05) is 31.6 Å². The van der Waals surface area contributed by atoms with Gasteiger partial charge in [0.05, 0.1) is 30.3 Å². The number of thiophene rings is 1. The van der Waals surface area contributed by atoms with Crippen LogP contribution in [0.25, 0.3) is 10.2 Å². The van der Waals surface area contributed by atoms with Crippen LogP contribution in [0.5, 0.6) is 0 Å². The van der Waals surface area contributed by atoms with Crippen LogP contribution in [0.15, 0.2) is 54.6 Å². The van der Waals surface area contributed by atoms with E-state index in [1.54, 1.807) is 0 Å². The van der Waals surface area contributed by atoms with E-state index < -0.39 is 0 Å². The number of amides is 1. The van der Waals surface area contributed by atoms with Gasteiger partial charge in [0.15, 0.2) is 0 Å². The van der Waals surface area contributed by atoms with Gasteiger partial charge in [-0.2, -0.15) is 5.10 Å². The Labute approximate surface area is 201 Å². The fourth-order valence-electron chi connectivity index (χ4n) is 4.06.